The minimum Gasteiger partial charge on any atom is -0.497 e. The topological polar surface area (TPSA) is 65.8 Å². The molecule has 1 amide bonds. The summed E-state index contributed by atoms with van der Waals surface area (Å²) in [4.78, 5) is 17.7. The van der Waals surface area contributed by atoms with Crippen LogP contribution in [0.2, 0.25) is 0 Å². The molecule has 7 heteroatoms. The molecular formula is C26H27N3O3S. The fourth-order valence-corrected chi connectivity index (χ4v) is 4.58. The zero-order valence-corrected chi connectivity index (χ0v) is 19.5. The summed E-state index contributed by atoms with van der Waals surface area (Å²) in [7, 11) is 1.66. The van der Waals surface area contributed by atoms with Gasteiger partial charge in [0, 0.05) is 32.7 Å². The van der Waals surface area contributed by atoms with E-state index in [1.807, 2.05) is 64.9 Å². The van der Waals surface area contributed by atoms with Crippen LogP contribution in [0.25, 0.3) is 0 Å². The van der Waals surface area contributed by atoms with Gasteiger partial charge in [-0.15, -0.1) is 11.3 Å². The van der Waals surface area contributed by atoms with Crippen LogP contribution in [0.3, 0.4) is 0 Å². The molecule has 0 spiro atoms. The van der Waals surface area contributed by atoms with Crippen molar-refractivity contribution in [1.82, 2.24) is 9.80 Å². The van der Waals surface area contributed by atoms with E-state index in [-0.39, 0.29) is 12.0 Å². The second-order valence-corrected chi connectivity index (χ2v) is 8.90. The Morgan fingerprint density at radius 1 is 1.09 bits per heavy atom. The van der Waals surface area contributed by atoms with Crippen molar-refractivity contribution < 1.29 is 14.3 Å². The summed E-state index contributed by atoms with van der Waals surface area (Å²) < 4.78 is 11.8. The number of hydrogen-bond donors (Lipinski definition) is 0. The maximum atomic E-state index is 12.6. The number of piperazine rings is 1. The minimum atomic E-state index is -0.143. The summed E-state index contributed by atoms with van der Waals surface area (Å²) in [5, 5.41) is 10.9. The summed E-state index contributed by atoms with van der Waals surface area (Å²) >= 11 is 1.49. The zero-order chi connectivity index (χ0) is 23.0. The highest BCUT2D eigenvalue weighted by molar-refractivity contribution is 7.12. The molecule has 6 nitrogen and oxygen atoms in total. The third-order valence-corrected chi connectivity index (χ3v) is 6.67. The average molecular weight is 462 g/mol. The van der Waals surface area contributed by atoms with Gasteiger partial charge in [0.1, 0.15) is 5.75 Å². The van der Waals surface area contributed by atoms with Crippen LogP contribution in [-0.2, 0) is 11.3 Å². The van der Waals surface area contributed by atoms with Crippen LogP contribution in [0.4, 0.5) is 0 Å². The van der Waals surface area contributed by atoms with Crippen LogP contribution in [0.5, 0.6) is 5.75 Å². The highest BCUT2D eigenvalue weighted by atomic mass is 32.1. The molecule has 0 bridgehead atoms. The Labute approximate surface area is 198 Å². The van der Waals surface area contributed by atoms with Gasteiger partial charge in [0.2, 0.25) is 0 Å². The summed E-state index contributed by atoms with van der Waals surface area (Å²) in [6, 6.07) is 21.4. The number of nitriles is 1. The van der Waals surface area contributed by atoms with E-state index in [9.17, 15) is 4.79 Å². The predicted octanol–water partition coefficient (Wildman–Crippen LogP) is 4.34. The highest BCUT2D eigenvalue weighted by Gasteiger charge is 2.25. The van der Waals surface area contributed by atoms with Gasteiger partial charge >= 0.3 is 0 Å². The first-order valence-corrected chi connectivity index (χ1v) is 11.8. The van der Waals surface area contributed by atoms with Gasteiger partial charge in [0.15, 0.2) is 0 Å². The van der Waals surface area contributed by atoms with E-state index < -0.39 is 0 Å². The fourth-order valence-electron chi connectivity index (χ4n) is 3.89. The Morgan fingerprint density at radius 2 is 1.88 bits per heavy atom. The second-order valence-electron chi connectivity index (χ2n) is 7.96. The molecule has 2 heterocycles. The number of amides is 1. The summed E-state index contributed by atoms with van der Waals surface area (Å²) in [5.74, 6) is 0.914. The fraction of sp³-hybridized carbons (Fsp3) is 0.308. The number of benzene rings is 2. The van der Waals surface area contributed by atoms with Crippen molar-refractivity contribution in [2.75, 3.05) is 39.8 Å². The second kappa shape index (κ2) is 11.1. The van der Waals surface area contributed by atoms with Gasteiger partial charge in [-0.1, -0.05) is 30.3 Å². The Kier molecular flexibility index (Phi) is 7.74. The van der Waals surface area contributed by atoms with Crippen molar-refractivity contribution >= 4 is 17.2 Å². The molecule has 1 saturated heterocycles. The number of ether oxygens (including phenoxy) is 2. The van der Waals surface area contributed by atoms with Crippen LogP contribution in [0.15, 0.2) is 66.0 Å². The summed E-state index contributed by atoms with van der Waals surface area (Å²) in [6.07, 6.45) is -0.143. The zero-order valence-electron chi connectivity index (χ0n) is 18.6. The highest BCUT2D eigenvalue weighted by Crippen LogP contribution is 2.25. The Hall–Kier alpha value is -3.18. The van der Waals surface area contributed by atoms with E-state index in [1.165, 1.54) is 11.3 Å². The van der Waals surface area contributed by atoms with Gasteiger partial charge in [0.05, 0.1) is 36.3 Å². The van der Waals surface area contributed by atoms with Crippen LogP contribution in [0.1, 0.15) is 32.5 Å². The molecule has 0 saturated carbocycles. The first kappa shape index (κ1) is 23.0. The smallest absolute Gasteiger partial charge is 0.264 e. The molecule has 1 atom stereocenters. The lowest BCUT2D eigenvalue weighted by molar-refractivity contribution is 0.00338. The van der Waals surface area contributed by atoms with Gasteiger partial charge in [0.25, 0.3) is 5.91 Å². The predicted molar refractivity (Wildman–Crippen MR) is 128 cm³/mol. The van der Waals surface area contributed by atoms with Gasteiger partial charge in [-0.3, -0.25) is 9.69 Å². The third kappa shape index (κ3) is 5.99. The van der Waals surface area contributed by atoms with E-state index in [2.05, 4.69) is 17.0 Å². The molecule has 4 rings (SSSR count). The molecule has 0 radical (unpaired) electrons. The van der Waals surface area contributed by atoms with Crippen molar-refractivity contribution in [3.8, 4) is 11.8 Å². The summed E-state index contributed by atoms with van der Waals surface area (Å²) in [5.41, 5.74) is 2.71. The molecule has 0 aliphatic carbocycles. The molecule has 3 aromatic rings. The number of carbonyl (C=O) groups excluding carboxylic acids is 1. The molecule has 0 N–H and O–H groups in total. The lowest BCUT2D eigenvalue weighted by Gasteiger charge is -2.36. The first-order valence-electron chi connectivity index (χ1n) is 11.0. The van der Waals surface area contributed by atoms with E-state index >= 15 is 0 Å². The number of carbonyl (C=O) groups is 1. The lowest BCUT2D eigenvalue weighted by Crippen LogP contribution is -2.49. The Morgan fingerprint density at radius 3 is 2.55 bits per heavy atom. The standard InChI is InChI=1S/C26H27N3O3S/c1-31-23-5-2-4-22(16-23)24(32-19-21-9-7-20(17-27)8-10-21)18-28-11-13-29(14-12-28)26(30)25-6-3-15-33-25/h2-10,15-16,24H,11-14,18-19H2,1H3. The van der Waals surface area contributed by atoms with Crippen molar-refractivity contribution in [3.05, 3.63) is 87.6 Å². The molecule has 1 unspecified atom stereocenters. The number of thiophene rings is 1. The maximum absolute atomic E-state index is 12.6. The van der Waals surface area contributed by atoms with Gasteiger partial charge in [-0.05, 0) is 46.8 Å². The molecule has 1 fully saturated rings. The SMILES string of the molecule is COc1cccc(C(CN2CCN(C(=O)c3cccs3)CC2)OCc2ccc(C#N)cc2)c1. The molecule has 33 heavy (non-hydrogen) atoms. The number of hydrogen-bond acceptors (Lipinski definition) is 6. The number of nitrogens with zero attached hydrogens (tertiary/aromatic N) is 3. The Balaban J connectivity index is 1.41. The number of rotatable bonds is 8. The van der Waals surface area contributed by atoms with Gasteiger partial charge in [-0.2, -0.15) is 5.26 Å². The van der Waals surface area contributed by atoms with Crippen LogP contribution in [-0.4, -0.2) is 55.5 Å². The van der Waals surface area contributed by atoms with Gasteiger partial charge in [-0.25, -0.2) is 0 Å². The van der Waals surface area contributed by atoms with Crippen molar-refractivity contribution in [1.29, 1.82) is 5.26 Å². The molecular weight excluding hydrogens is 434 g/mol. The molecule has 1 aromatic heterocycles. The van der Waals surface area contributed by atoms with Crippen LogP contribution >= 0.6 is 11.3 Å². The average Bonchev–Trinajstić information content (AvgIpc) is 3.42. The minimum absolute atomic E-state index is 0.117. The molecule has 2 aromatic carbocycles. The molecule has 170 valence electrons. The third-order valence-electron chi connectivity index (χ3n) is 5.82. The first-order chi connectivity index (χ1) is 16.2. The normalized spacial score (nSPS) is 15.1. The van der Waals surface area contributed by atoms with Gasteiger partial charge < -0.3 is 14.4 Å². The van der Waals surface area contributed by atoms with Crippen LogP contribution in [0, 0.1) is 11.3 Å². The molecule has 1 aliphatic rings. The van der Waals surface area contributed by atoms with E-state index in [0.29, 0.717) is 25.3 Å². The van der Waals surface area contributed by atoms with Crippen LogP contribution < -0.4 is 4.74 Å². The van der Waals surface area contributed by atoms with E-state index in [0.717, 1.165) is 41.4 Å². The summed E-state index contributed by atoms with van der Waals surface area (Å²) in [6.45, 7) is 4.19. The Bertz CT molecular complexity index is 1080. The molecule has 1 aliphatic heterocycles. The van der Waals surface area contributed by atoms with Crippen molar-refractivity contribution in [3.63, 3.8) is 0 Å². The van der Waals surface area contributed by atoms with E-state index in [4.69, 9.17) is 14.7 Å². The number of methoxy groups -OCH3 is 1. The van der Waals surface area contributed by atoms with Crippen molar-refractivity contribution in [2.24, 2.45) is 0 Å². The quantitative estimate of drug-likeness (QED) is 0.499. The largest absolute Gasteiger partial charge is 0.497 e. The monoisotopic (exact) mass is 461 g/mol. The maximum Gasteiger partial charge on any atom is 0.264 e. The van der Waals surface area contributed by atoms with E-state index in [1.54, 1.807) is 7.11 Å². The van der Waals surface area contributed by atoms with Crippen molar-refractivity contribution in [2.45, 2.75) is 12.7 Å². The lowest BCUT2D eigenvalue weighted by atomic mass is 10.1.